The van der Waals surface area contributed by atoms with Gasteiger partial charge in [-0.05, 0) is 40.8 Å². The van der Waals surface area contributed by atoms with Gasteiger partial charge in [0, 0.05) is 15.1 Å². The van der Waals surface area contributed by atoms with Crippen LogP contribution in [0.5, 0.6) is 0 Å². The van der Waals surface area contributed by atoms with E-state index in [-0.39, 0.29) is 11.3 Å². The minimum Gasteiger partial charge on any atom is -0.478 e. The fourth-order valence-corrected chi connectivity index (χ4v) is 2.20. The average molecular weight is 390 g/mol. The SMILES string of the molecule is O=C(Nc1cnns1)Nc1ccc(I)cc1C(=O)O. The second kappa shape index (κ2) is 5.93. The molecule has 7 nitrogen and oxygen atoms in total. The Kier molecular flexibility index (Phi) is 4.27. The third-order valence-electron chi connectivity index (χ3n) is 2.06. The Labute approximate surface area is 125 Å². The van der Waals surface area contributed by atoms with Crippen molar-refractivity contribution in [3.8, 4) is 0 Å². The molecular weight excluding hydrogens is 383 g/mol. The summed E-state index contributed by atoms with van der Waals surface area (Å²) in [6.07, 6.45) is 1.40. The summed E-state index contributed by atoms with van der Waals surface area (Å²) in [5.41, 5.74) is 0.257. The van der Waals surface area contributed by atoms with Crippen LogP contribution in [0.25, 0.3) is 0 Å². The van der Waals surface area contributed by atoms with Crippen molar-refractivity contribution in [3.05, 3.63) is 33.5 Å². The van der Waals surface area contributed by atoms with Crippen molar-refractivity contribution in [1.29, 1.82) is 0 Å². The zero-order valence-electron chi connectivity index (χ0n) is 9.25. The van der Waals surface area contributed by atoms with Gasteiger partial charge in [-0.15, -0.1) is 5.10 Å². The zero-order valence-corrected chi connectivity index (χ0v) is 12.2. The van der Waals surface area contributed by atoms with Crippen molar-refractivity contribution < 1.29 is 14.7 Å². The van der Waals surface area contributed by atoms with Crippen LogP contribution in [0, 0.1) is 3.57 Å². The molecule has 0 spiro atoms. The molecule has 2 amide bonds. The molecule has 3 N–H and O–H groups in total. The summed E-state index contributed by atoms with van der Waals surface area (Å²) in [5.74, 6) is -1.10. The molecule has 0 aliphatic heterocycles. The molecule has 0 aliphatic carbocycles. The van der Waals surface area contributed by atoms with Crippen LogP contribution in [0.15, 0.2) is 24.4 Å². The Morgan fingerprint density at radius 2 is 2.11 bits per heavy atom. The Balaban J connectivity index is 2.14. The topological polar surface area (TPSA) is 104 Å². The number of urea groups is 1. The monoisotopic (exact) mass is 390 g/mol. The maximum atomic E-state index is 11.7. The highest BCUT2D eigenvalue weighted by Gasteiger charge is 2.13. The molecule has 0 atom stereocenters. The van der Waals surface area contributed by atoms with Crippen LogP contribution in [-0.4, -0.2) is 26.7 Å². The van der Waals surface area contributed by atoms with E-state index in [1.165, 1.54) is 18.3 Å². The lowest BCUT2D eigenvalue weighted by molar-refractivity contribution is 0.0698. The Hall–Kier alpha value is -1.75. The molecular formula is C10H7IN4O3S. The number of aromatic nitrogens is 2. The van der Waals surface area contributed by atoms with Gasteiger partial charge in [0.1, 0.15) is 5.00 Å². The van der Waals surface area contributed by atoms with Crippen LogP contribution >= 0.6 is 34.1 Å². The molecule has 2 aromatic rings. The minimum atomic E-state index is -1.10. The number of halogens is 1. The standard InChI is InChI=1S/C10H7IN4O3S/c11-5-1-2-7(6(3-5)9(16)17)13-10(18)14-8-4-12-15-19-8/h1-4H,(H,16,17)(H2,13,14,18). The molecule has 1 aromatic carbocycles. The summed E-state index contributed by atoms with van der Waals surface area (Å²) in [6, 6.07) is 4.18. The molecule has 9 heteroatoms. The summed E-state index contributed by atoms with van der Waals surface area (Å²) >= 11 is 3.02. The number of hydrogen-bond acceptors (Lipinski definition) is 5. The first-order valence-corrected chi connectivity index (χ1v) is 6.79. The van der Waals surface area contributed by atoms with Gasteiger partial charge in [0.2, 0.25) is 0 Å². The number of carbonyl (C=O) groups excluding carboxylic acids is 1. The lowest BCUT2D eigenvalue weighted by Gasteiger charge is -2.08. The summed E-state index contributed by atoms with van der Waals surface area (Å²) in [5, 5.41) is 18.1. The number of hydrogen-bond donors (Lipinski definition) is 3. The van der Waals surface area contributed by atoms with Gasteiger partial charge in [-0.3, -0.25) is 5.32 Å². The zero-order chi connectivity index (χ0) is 13.8. The minimum absolute atomic E-state index is 0.0319. The fourth-order valence-electron chi connectivity index (χ4n) is 1.29. The molecule has 0 saturated carbocycles. The van der Waals surface area contributed by atoms with Gasteiger partial charge in [-0.2, -0.15) is 0 Å². The van der Waals surface area contributed by atoms with E-state index in [0.717, 1.165) is 15.1 Å². The van der Waals surface area contributed by atoms with Crippen molar-refractivity contribution in [1.82, 2.24) is 9.59 Å². The van der Waals surface area contributed by atoms with Gasteiger partial charge in [0.25, 0.3) is 0 Å². The van der Waals surface area contributed by atoms with Crippen molar-refractivity contribution in [2.45, 2.75) is 0 Å². The summed E-state index contributed by atoms with van der Waals surface area (Å²) < 4.78 is 4.36. The third-order valence-corrected chi connectivity index (χ3v) is 3.31. The van der Waals surface area contributed by atoms with Gasteiger partial charge in [-0.25, -0.2) is 9.59 Å². The molecule has 1 heterocycles. The van der Waals surface area contributed by atoms with Gasteiger partial charge < -0.3 is 10.4 Å². The normalized spacial score (nSPS) is 9.95. The van der Waals surface area contributed by atoms with E-state index in [0.29, 0.717) is 5.00 Å². The lowest BCUT2D eigenvalue weighted by atomic mass is 10.2. The van der Waals surface area contributed by atoms with Crippen LogP contribution in [0.2, 0.25) is 0 Å². The molecule has 2 rings (SSSR count). The van der Waals surface area contributed by atoms with Crippen LogP contribution in [0.4, 0.5) is 15.5 Å². The van der Waals surface area contributed by atoms with Crippen molar-refractivity contribution in [3.63, 3.8) is 0 Å². The first-order chi connectivity index (χ1) is 9.06. The van der Waals surface area contributed by atoms with E-state index in [4.69, 9.17) is 5.11 Å². The number of aromatic carboxylic acids is 1. The quantitative estimate of drug-likeness (QED) is 0.699. The molecule has 0 aliphatic rings. The largest absolute Gasteiger partial charge is 0.478 e. The van der Waals surface area contributed by atoms with E-state index in [1.54, 1.807) is 6.07 Å². The molecule has 0 bridgehead atoms. The van der Waals surface area contributed by atoms with Crippen molar-refractivity contribution >= 4 is 56.8 Å². The average Bonchev–Trinajstić information content (AvgIpc) is 2.83. The van der Waals surface area contributed by atoms with E-state index in [9.17, 15) is 9.59 Å². The predicted octanol–water partition coefficient (Wildman–Crippen LogP) is 2.48. The summed E-state index contributed by atoms with van der Waals surface area (Å²) in [6.45, 7) is 0. The molecule has 0 unspecified atom stereocenters. The highest BCUT2D eigenvalue weighted by Crippen LogP contribution is 2.19. The van der Waals surface area contributed by atoms with Crippen molar-refractivity contribution in [2.24, 2.45) is 0 Å². The fraction of sp³-hybridized carbons (Fsp3) is 0. The van der Waals surface area contributed by atoms with Crippen molar-refractivity contribution in [2.75, 3.05) is 10.6 Å². The van der Waals surface area contributed by atoms with Gasteiger partial charge in [0.05, 0.1) is 17.4 Å². The van der Waals surface area contributed by atoms with E-state index < -0.39 is 12.0 Å². The Morgan fingerprint density at radius 1 is 1.32 bits per heavy atom. The second-order valence-corrected chi connectivity index (χ2v) is 5.39. The number of anilines is 2. The number of amides is 2. The number of carboxylic acid groups (broad SMARTS) is 1. The van der Waals surface area contributed by atoms with Crippen LogP contribution in [0.3, 0.4) is 0 Å². The van der Waals surface area contributed by atoms with Gasteiger partial charge in [0.15, 0.2) is 0 Å². The smallest absolute Gasteiger partial charge is 0.337 e. The highest BCUT2D eigenvalue weighted by atomic mass is 127. The highest BCUT2D eigenvalue weighted by molar-refractivity contribution is 14.1. The third kappa shape index (κ3) is 3.61. The number of carboxylic acids is 1. The maximum Gasteiger partial charge on any atom is 0.337 e. The van der Waals surface area contributed by atoms with Crippen LogP contribution in [-0.2, 0) is 0 Å². The number of nitrogens with zero attached hydrogens (tertiary/aromatic N) is 2. The number of rotatable bonds is 3. The van der Waals surface area contributed by atoms with Crippen LogP contribution in [0.1, 0.15) is 10.4 Å². The number of nitrogens with one attached hydrogen (secondary N) is 2. The molecule has 0 fully saturated rings. The molecule has 0 radical (unpaired) electrons. The predicted molar refractivity (Wildman–Crippen MR) is 78.7 cm³/mol. The van der Waals surface area contributed by atoms with Gasteiger partial charge >= 0.3 is 12.0 Å². The molecule has 1 aromatic heterocycles. The molecule has 98 valence electrons. The summed E-state index contributed by atoms with van der Waals surface area (Å²) in [4.78, 5) is 22.8. The first-order valence-electron chi connectivity index (χ1n) is 4.94. The maximum absolute atomic E-state index is 11.7. The van der Waals surface area contributed by atoms with E-state index in [2.05, 4.69) is 20.2 Å². The van der Waals surface area contributed by atoms with Gasteiger partial charge in [-0.1, -0.05) is 4.49 Å². The van der Waals surface area contributed by atoms with E-state index in [1.807, 2.05) is 22.6 Å². The second-order valence-electron chi connectivity index (χ2n) is 3.36. The van der Waals surface area contributed by atoms with Crippen LogP contribution < -0.4 is 10.6 Å². The number of carbonyl (C=O) groups is 2. The molecule has 19 heavy (non-hydrogen) atoms. The first kappa shape index (κ1) is 13.7. The Bertz CT molecular complexity index is 617. The lowest BCUT2D eigenvalue weighted by Crippen LogP contribution is -2.20. The Morgan fingerprint density at radius 3 is 2.74 bits per heavy atom. The van der Waals surface area contributed by atoms with E-state index >= 15 is 0 Å². The summed E-state index contributed by atoms with van der Waals surface area (Å²) in [7, 11) is 0. The molecule has 0 saturated heterocycles. The number of benzene rings is 1.